The summed E-state index contributed by atoms with van der Waals surface area (Å²) in [5, 5.41) is 16.9. The minimum atomic E-state index is -0.894. The van der Waals surface area contributed by atoms with E-state index >= 15 is 0 Å². The fourth-order valence-corrected chi connectivity index (χ4v) is 10.3. The number of aliphatic hydroxyl groups excluding tert-OH is 1. The molecule has 3 aliphatic heterocycles. The summed E-state index contributed by atoms with van der Waals surface area (Å²) < 4.78 is 4.18. The number of thioether (sulfide) groups is 1. The minimum Gasteiger partial charge on any atom is -0.494 e. The highest BCUT2D eigenvalue weighted by atomic mass is 32.2. The Hall–Kier alpha value is -4.02. The maximum atomic E-state index is 14.7. The molecule has 0 aliphatic carbocycles. The van der Waals surface area contributed by atoms with Gasteiger partial charge in [-0.15, -0.1) is 11.8 Å². The summed E-state index contributed by atoms with van der Waals surface area (Å²) in [7, 11) is 0. The van der Waals surface area contributed by atoms with E-state index in [1.54, 1.807) is 40.9 Å². The van der Waals surface area contributed by atoms with E-state index in [0.29, 0.717) is 36.6 Å². The van der Waals surface area contributed by atoms with Gasteiger partial charge in [0.2, 0.25) is 17.7 Å². The highest BCUT2D eigenvalue weighted by molar-refractivity contribution is 8.02. The molecule has 47 heavy (non-hydrogen) atoms. The van der Waals surface area contributed by atoms with E-state index in [0.717, 1.165) is 24.3 Å². The van der Waals surface area contributed by atoms with Crippen LogP contribution in [0, 0.1) is 11.8 Å². The minimum absolute atomic E-state index is 0.239. The smallest absolute Gasteiger partial charge is 0.248 e. The molecule has 1 spiro atoms. The summed E-state index contributed by atoms with van der Waals surface area (Å²) in [6, 6.07) is 22.6. The molecular formula is C37H44N4O5S. The number of carbonyl (C=O) groups excluding carboxylic acids is 3. The molecule has 3 N–H and O–H groups in total. The average Bonchev–Trinajstić information content (AvgIpc) is 3.65. The van der Waals surface area contributed by atoms with E-state index in [-0.39, 0.29) is 24.3 Å². The monoisotopic (exact) mass is 656 g/mol. The highest BCUT2D eigenvalue weighted by Gasteiger charge is 2.77. The molecule has 3 aromatic rings. The van der Waals surface area contributed by atoms with E-state index < -0.39 is 33.4 Å². The second-order valence-corrected chi connectivity index (χ2v) is 14.6. The van der Waals surface area contributed by atoms with Crippen LogP contribution in [-0.2, 0) is 14.4 Å². The SMILES string of the molecule is CCOc1ccc(NC(=O)[C@H]2[C@H]3C(=O)N([C@H](CO)c4ccccc4)C(C(=O)Nc4ccc(N(CC)CC)cc4)C34CC[C@]2(C)S4)cc1. The molecule has 0 radical (unpaired) electrons. The predicted molar refractivity (Wildman–Crippen MR) is 187 cm³/mol. The van der Waals surface area contributed by atoms with Crippen LogP contribution < -0.4 is 20.3 Å². The van der Waals surface area contributed by atoms with Gasteiger partial charge in [-0.25, -0.2) is 0 Å². The fourth-order valence-electron chi connectivity index (χ4n) is 8.01. The van der Waals surface area contributed by atoms with Gasteiger partial charge in [-0.2, -0.15) is 0 Å². The number of benzene rings is 3. The molecule has 3 fully saturated rings. The number of carbonyl (C=O) groups is 3. The lowest BCUT2D eigenvalue weighted by molar-refractivity contribution is -0.141. The van der Waals surface area contributed by atoms with Crippen molar-refractivity contribution in [1.29, 1.82) is 0 Å². The first-order chi connectivity index (χ1) is 22.7. The number of aliphatic hydroxyl groups is 1. The van der Waals surface area contributed by atoms with E-state index in [1.807, 2.05) is 68.4 Å². The third-order valence-electron chi connectivity index (χ3n) is 10.1. The Morgan fingerprint density at radius 3 is 2.15 bits per heavy atom. The number of hydrogen-bond donors (Lipinski definition) is 3. The third kappa shape index (κ3) is 5.75. The van der Waals surface area contributed by atoms with Crippen molar-refractivity contribution in [3.05, 3.63) is 84.4 Å². The number of likely N-dealkylation sites (tertiary alicyclic amines) is 1. The number of anilines is 3. The van der Waals surface area contributed by atoms with Crippen molar-refractivity contribution < 1.29 is 24.2 Å². The molecule has 10 heteroatoms. The first-order valence-corrected chi connectivity index (χ1v) is 17.4. The van der Waals surface area contributed by atoms with Gasteiger partial charge in [0.25, 0.3) is 0 Å². The van der Waals surface area contributed by atoms with Gasteiger partial charge in [0.1, 0.15) is 11.8 Å². The molecule has 0 aromatic heterocycles. The van der Waals surface area contributed by atoms with Crippen LogP contribution in [0.2, 0.25) is 0 Å². The van der Waals surface area contributed by atoms with Gasteiger partial charge < -0.3 is 30.3 Å². The molecule has 9 nitrogen and oxygen atoms in total. The Balaban J connectivity index is 1.35. The Kier molecular flexibility index (Phi) is 9.27. The standard InChI is InChI=1S/C37H44N4O5S/c1-5-40(6-2)27-17-13-25(14-18-27)39-34(44)32-37-22-21-36(4,47-37)30(33(43)38-26-15-19-28(20-16-26)46-7-3)31(37)35(45)41(32)29(23-42)24-11-9-8-10-12-24/h8-20,29-32,42H,5-7,21-23H2,1-4H3,(H,38,43)(H,39,44)/t29-,30-,31+,32?,36+,37?/m1/s1. The van der Waals surface area contributed by atoms with E-state index in [9.17, 15) is 19.5 Å². The Morgan fingerprint density at radius 1 is 0.936 bits per heavy atom. The van der Waals surface area contributed by atoms with Gasteiger partial charge in [-0.3, -0.25) is 14.4 Å². The number of hydrogen-bond acceptors (Lipinski definition) is 7. The maximum Gasteiger partial charge on any atom is 0.248 e. The summed E-state index contributed by atoms with van der Waals surface area (Å²) >= 11 is 1.61. The molecule has 248 valence electrons. The average molecular weight is 657 g/mol. The van der Waals surface area contributed by atoms with Crippen LogP contribution in [0.25, 0.3) is 0 Å². The summed E-state index contributed by atoms with van der Waals surface area (Å²) in [5.74, 6) is -1.50. The van der Waals surface area contributed by atoms with Crippen LogP contribution in [0.15, 0.2) is 78.9 Å². The van der Waals surface area contributed by atoms with Crippen LogP contribution in [0.1, 0.15) is 52.1 Å². The molecule has 0 saturated carbocycles. The second-order valence-electron chi connectivity index (χ2n) is 12.7. The van der Waals surface area contributed by atoms with Gasteiger partial charge in [-0.1, -0.05) is 30.3 Å². The molecule has 3 heterocycles. The molecule has 2 unspecified atom stereocenters. The molecule has 2 bridgehead atoms. The summed E-state index contributed by atoms with van der Waals surface area (Å²) in [5.41, 5.74) is 3.05. The highest BCUT2D eigenvalue weighted by Crippen LogP contribution is 2.72. The van der Waals surface area contributed by atoms with E-state index in [1.165, 1.54) is 0 Å². The Bertz CT molecular complexity index is 1600. The van der Waals surface area contributed by atoms with Crippen LogP contribution in [0.3, 0.4) is 0 Å². The van der Waals surface area contributed by atoms with Gasteiger partial charge in [0, 0.05) is 34.9 Å². The zero-order valence-corrected chi connectivity index (χ0v) is 28.3. The maximum absolute atomic E-state index is 14.7. The molecule has 3 aliphatic rings. The quantitative estimate of drug-likeness (QED) is 0.229. The van der Waals surface area contributed by atoms with Gasteiger partial charge in [0.15, 0.2) is 0 Å². The van der Waals surface area contributed by atoms with Crippen LogP contribution in [0.5, 0.6) is 5.75 Å². The molecular weight excluding hydrogens is 612 g/mol. The zero-order valence-electron chi connectivity index (χ0n) is 27.4. The topological polar surface area (TPSA) is 111 Å². The van der Waals surface area contributed by atoms with Crippen molar-refractivity contribution in [3.63, 3.8) is 0 Å². The van der Waals surface area contributed by atoms with Crippen molar-refractivity contribution in [3.8, 4) is 5.75 Å². The van der Waals surface area contributed by atoms with Crippen molar-refractivity contribution in [2.45, 2.75) is 62.1 Å². The lowest BCUT2D eigenvalue weighted by Gasteiger charge is -2.37. The zero-order chi connectivity index (χ0) is 33.3. The van der Waals surface area contributed by atoms with Crippen molar-refractivity contribution >= 4 is 46.5 Å². The van der Waals surface area contributed by atoms with Gasteiger partial charge >= 0.3 is 0 Å². The first-order valence-electron chi connectivity index (χ1n) is 16.6. The van der Waals surface area contributed by atoms with Crippen molar-refractivity contribution in [1.82, 2.24) is 4.90 Å². The molecule has 3 amide bonds. The lowest BCUT2D eigenvalue weighted by Crippen LogP contribution is -2.52. The second kappa shape index (κ2) is 13.2. The number of nitrogens with zero attached hydrogens (tertiary/aromatic N) is 2. The molecule has 3 aromatic carbocycles. The third-order valence-corrected chi connectivity index (χ3v) is 12.1. The number of ether oxygens (including phenoxy) is 1. The van der Waals surface area contributed by atoms with Gasteiger partial charge in [-0.05, 0) is 94.6 Å². The number of amides is 3. The molecule has 3 saturated heterocycles. The van der Waals surface area contributed by atoms with Crippen molar-refractivity contribution in [2.75, 3.05) is 41.8 Å². The molecule has 6 rings (SSSR count). The Morgan fingerprint density at radius 2 is 1.55 bits per heavy atom. The predicted octanol–water partition coefficient (Wildman–Crippen LogP) is 5.72. The number of fused-ring (bicyclic) bond motifs is 1. The fraction of sp³-hybridized carbons (Fsp3) is 0.432. The normalized spacial score (nSPS) is 26.5. The van der Waals surface area contributed by atoms with E-state index in [2.05, 4.69) is 29.4 Å². The van der Waals surface area contributed by atoms with Crippen molar-refractivity contribution in [2.24, 2.45) is 11.8 Å². The van der Waals surface area contributed by atoms with Crippen LogP contribution in [0.4, 0.5) is 17.1 Å². The largest absolute Gasteiger partial charge is 0.494 e. The molecule has 6 atom stereocenters. The summed E-state index contributed by atoms with van der Waals surface area (Å²) in [4.78, 5) is 47.2. The summed E-state index contributed by atoms with van der Waals surface area (Å²) in [6.45, 7) is 10.1. The summed E-state index contributed by atoms with van der Waals surface area (Å²) in [6.07, 6.45) is 1.30. The number of rotatable bonds is 12. The lowest BCUT2D eigenvalue weighted by atomic mass is 9.66. The number of nitrogens with one attached hydrogen (secondary N) is 2. The van der Waals surface area contributed by atoms with Crippen LogP contribution in [-0.4, -0.2) is 69.6 Å². The van der Waals surface area contributed by atoms with Crippen LogP contribution >= 0.6 is 11.8 Å². The van der Waals surface area contributed by atoms with Gasteiger partial charge in [0.05, 0.1) is 35.8 Å². The van der Waals surface area contributed by atoms with E-state index in [4.69, 9.17) is 4.74 Å². The Labute approximate surface area is 281 Å². The first kappa shape index (κ1) is 32.9.